The van der Waals surface area contributed by atoms with E-state index in [1.807, 2.05) is 61.0 Å². The lowest BCUT2D eigenvalue weighted by molar-refractivity contribution is -0.117. The maximum Gasteiger partial charge on any atom is 0.337 e. The summed E-state index contributed by atoms with van der Waals surface area (Å²) in [7, 11) is 1.32. The van der Waals surface area contributed by atoms with Gasteiger partial charge < -0.3 is 19.6 Å². The van der Waals surface area contributed by atoms with E-state index < -0.39 is 11.9 Å². The molecule has 8 heteroatoms. The molecule has 0 atom stereocenters. The van der Waals surface area contributed by atoms with E-state index in [4.69, 9.17) is 16.3 Å². The molecule has 0 spiro atoms. The van der Waals surface area contributed by atoms with E-state index in [0.717, 1.165) is 27.9 Å². The van der Waals surface area contributed by atoms with Gasteiger partial charge in [0.15, 0.2) is 0 Å². The molecule has 0 unspecified atom stereocenters. The molecule has 1 amide bonds. The number of hydrogen-bond acceptors (Lipinski definition) is 4. The van der Waals surface area contributed by atoms with E-state index in [1.54, 1.807) is 24.3 Å². The number of fused-ring (bicyclic) bond motifs is 1. The number of aryl methyl sites for hydroxylation is 1. The van der Waals surface area contributed by atoms with Crippen LogP contribution in [0, 0.1) is 25.2 Å². The summed E-state index contributed by atoms with van der Waals surface area (Å²) < 4.78 is 6.70. The van der Waals surface area contributed by atoms with Crippen molar-refractivity contribution in [3.63, 3.8) is 0 Å². The standard InChI is InChI=1S/C28H25ClN4O3/c1-17-12-21(18(2)33(17)26-14-19(28(35)36-3)8-9-24(26)29)13-22(15-30)27(34)31-11-10-20-16-32-25-7-5-4-6-23(20)25/h4-9,12-14,16,32H,10-11H2,1-3H3,(H,31,34)/b22-13-. The minimum atomic E-state index is -0.466. The maximum atomic E-state index is 12.8. The second kappa shape index (κ2) is 10.5. The topological polar surface area (TPSA) is 99.9 Å². The normalized spacial score (nSPS) is 11.4. The Morgan fingerprint density at radius 1 is 1.19 bits per heavy atom. The van der Waals surface area contributed by atoms with Gasteiger partial charge >= 0.3 is 5.97 Å². The van der Waals surface area contributed by atoms with Crippen molar-refractivity contribution in [2.75, 3.05) is 13.7 Å². The number of methoxy groups -OCH3 is 1. The average Bonchev–Trinajstić information content (AvgIpc) is 3.42. The van der Waals surface area contributed by atoms with Gasteiger partial charge in [0, 0.05) is 35.0 Å². The molecule has 0 aliphatic heterocycles. The number of amides is 1. The monoisotopic (exact) mass is 500 g/mol. The van der Waals surface area contributed by atoms with E-state index in [1.165, 1.54) is 7.11 Å². The molecule has 182 valence electrons. The third-order valence-corrected chi connectivity index (χ3v) is 6.42. The Balaban J connectivity index is 1.54. The van der Waals surface area contributed by atoms with Crippen LogP contribution in [0.2, 0.25) is 5.02 Å². The van der Waals surface area contributed by atoms with E-state index in [2.05, 4.69) is 10.3 Å². The number of nitriles is 1. The summed E-state index contributed by atoms with van der Waals surface area (Å²) in [4.78, 5) is 28.0. The van der Waals surface area contributed by atoms with Crippen molar-refractivity contribution in [3.8, 4) is 11.8 Å². The Kier molecular flexibility index (Phi) is 7.28. The van der Waals surface area contributed by atoms with E-state index in [-0.39, 0.29) is 5.57 Å². The quantitative estimate of drug-likeness (QED) is 0.205. The maximum absolute atomic E-state index is 12.8. The molecule has 2 heterocycles. The number of H-pyrrole nitrogens is 1. The largest absolute Gasteiger partial charge is 0.465 e. The van der Waals surface area contributed by atoms with Gasteiger partial charge in [-0.2, -0.15) is 5.26 Å². The van der Waals surface area contributed by atoms with Gasteiger partial charge in [-0.05, 0) is 67.8 Å². The van der Waals surface area contributed by atoms with E-state index in [9.17, 15) is 14.9 Å². The number of carbonyl (C=O) groups is 2. The molecular formula is C28H25ClN4O3. The third kappa shape index (κ3) is 4.90. The molecule has 0 radical (unpaired) electrons. The SMILES string of the molecule is COC(=O)c1ccc(Cl)c(-n2c(C)cc(/C=C(/C#N)C(=O)NCCc3c[nH]c4ccccc34)c2C)c1. The van der Waals surface area contributed by atoms with Crippen LogP contribution in [0.3, 0.4) is 0 Å². The zero-order valence-electron chi connectivity index (χ0n) is 20.2. The molecular weight excluding hydrogens is 476 g/mol. The summed E-state index contributed by atoms with van der Waals surface area (Å²) in [5.74, 6) is -0.903. The van der Waals surface area contributed by atoms with Crippen molar-refractivity contribution in [1.29, 1.82) is 5.26 Å². The first-order valence-electron chi connectivity index (χ1n) is 11.4. The lowest BCUT2D eigenvalue weighted by atomic mass is 10.1. The highest BCUT2D eigenvalue weighted by atomic mass is 35.5. The number of halogens is 1. The number of aromatic amines is 1. The fourth-order valence-electron chi connectivity index (χ4n) is 4.28. The van der Waals surface area contributed by atoms with Crippen molar-refractivity contribution < 1.29 is 14.3 Å². The molecule has 36 heavy (non-hydrogen) atoms. The van der Waals surface area contributed by atoms with Crippen LogP contribution in [0.4, 0.5) is 0 Å². The molecule has 0 saturated heterocycles. The van der Waals surface area contributed by atoms with Crippen LogP contribution in [0.1, 0.15) is 32.9 Å². The molecule has 2 N–H and O–H groups in total. The number of benzene rings is 2. The van der Waals surface area contributed by atoms with Crippen molar-refractivity contribution >= 4 is 40.5 Å². The molecule has 2 aromatic heterocycles. The van der Waals surface area contributed by atoms with Gasteiger partial charge in [0.05, 0.1) is 23.4 Å². The molecule has 0 fully saturated rings. The summed E-state index contributed by atoms with van der Waals surface area (Å²) in [6.07, 6.45) is 4.14. The highest BCUT2D eigenvalue weighted by Crippen LogP contribution is 2.29. The number of para-hydroxylation sites is 1. The molecule has 4 aromatic rings. The zero-order chi connectivity index (χ0) is 25.8. The molecule has 0 aliphatic rings. The predicted molar refractivity (Wildman–Crippen MR) is 140 cm³/mol. The first-order valence-corrected chi connectivity index (χ1v) is 11.7. The van der Waals surface area contributed by atoms with Gasteiger partial charge in [0.1, 0.15) is 11.6 Å². The summed E-state index contributed by atoms with van der Waals surface area (Å²) in [5, 5.41) is 14.1. The molecule has 4 rings (SSSR count). The zero-order valence-corrected chi connectivity index (χ0v) is 20.9. The van der Waals surface area contributed by atoms with Gasteiger partial charge in [0.25, 0.3) is 5.91 Å². The van der Waals surface area contributed by atoms with Crippen LogP contribution < -0.4 is 5.32 Å². The van der Waals surface area contributed by atoms with Gasteiger partial charge in [-0.25, -0.2) is 4.79 Å². The summed E-state index contributed by atoms with van der Waals surface area (Å²) in [6, 6.07) is 16.8. The molecule has 0 bridgehead atoms. The fraction of sp³-hybridized carbons (Fsp3) is 0.179. The Labute approximate surface area is 213 Å². The highest BCUT2D eigenvalue weighted by molar-refractivity contribution is 6.32. The number of aromatic nitrogens is 2. The van der Waals surface area contributed by atoms with Gasteiger partial charge in [-0.3, -0.25) is 4.79 Å². The minimum absolute atomic E-state index is 0.00332. The lowest BCUT2D eigenvalue weighted by Crippen LogP contribution is -2.26. The van der Waals surface area contributed by atoms with Crippen LogP contribution in [0.15, 0.2) is 60.3 Å². The summed E-state index contributed by atoms with van der Waals surface area (Å²) in [6.45, 7) is 4.15. The van der Waals surface area contributed by atoms with Crippen LogP contribution in [-0.2, 0) is 16.0 Å². The van der Waals surface area contributed by atoms with Crippen LogP contribution in [0.25, 0.3) is 22.7 Å². The smallest absolute Gasteiger partial charge is 0.337 e. The van der Waals surface area contributed by atoms with Crippen LogP contribution in [-0.4, -0.2) is 35.1 Å². The number of nitrogens with zero attached hydrogens (tertiary/aromatic N) is 2. The first-order chi connectivity index (χ1) is 17.3. The Morgan fingerprint density at radius 2 is 1.97 bits per heavy atom. The molecule has 0 saturated carbocycles. The van der Waals surface area contributed by atoms with Crippen molar-refractivity contribution in [2.45, 2.75) is 20.3 Å². The van der Waals surface area contributed by atoms with Gasteiger partial charge in [-0.1, -0.05) is 29.8 Å². The highest BCUT2D eigenvalue weighted by Gasteiger charge is 2.17. The number of esters is 1. The lowest BCUT2D eigenvalue weighted by Gasteiger charge is -2.13. The summed E-state index contributed by atoms with van der Waals surface area (Å²) in [5.41, 5.74) is 5.44. The fourth-order valence-corrected chi connectivity index (χ4v) is 4.48. The summed E-state index contributed by atoms with van der Waals surface area (Å²) >= 11 is 6.44. The average molecular weight is 501 g/mol. The Bertz CT molecular complexity index is 1540. The molecule has 0 aliphatic carbocycles. The van der Waals surface area contributed by atoms with E-state index in [0.29, 0.717) is 34.8 Å². The van der Waals surface area contributed by atoms with Crippen molar-refractivity contribution in [1.82, 2.24) is 14.9 Å². The van der Waals surface area contributed by atoms with E-state index >= 15 is 0 Å². The van der Waals surface area contributed by atoms with Crippen LogP contribution >= 0.6 is 11.6 Å². The van der Waals surface area contributed by atoms with Crippen molar-refractivity contribution in [3.05, 3.63) is 93.4 Å². The number of ether oxygens (including phenoxy) is 1. The predicted octanol–water partition coefficient (Wildman–Crippen LogP) is 5.28. The minimum Gasteiger partial charge on any atom is -0.465 e. The van der Waals surface area contributed by atoms with Gasteiger partial charge in [0.2, 0.25) is 0 Å². The number of rotatable bonds is 7. The second-order valence-corrected chi connectivity index (χ2v) is 8.76. The third-order valence-electron chi connectivity index (χ3n) is 6.10. The molecule has 2 aromatic carbocycles. The Morgan fingerprint density at radius 3 is 2.72 bits per heavy atom. The number of nitrogens with one attached hydrogen (secondary N) is 2. The second-order valence-electron chi connectivity index (χ2n) is 8.35. The van der Waals surface area contributed by atoms with Gasteiger partial charge in [-0.15, -0.1) is 0 Å². The number of carbonyl (C=O) groups excluding carboxylic acids is 2. The van der Waals surface area contributed by atoms with Crippen LogP contribution in [0.5, 0.6) is 0 Å². The van der Waals surface area contributed by atoms with Crippen molar-refractivity contribution in [2.24, 2.45) is 0 Å². The first kappa shape index (κ1) is 24.8. The number of hydrogen-bond donors (Lipinski definition) is 2. The Hall–Kier alpha value is -4.28. The molecule has 7 nitrogen and oxygen atoms in total.